The molecule has 0 spiro atoms. The van der Waals surface area contributed by atoms with Gasteiger partial charge in [-0.1, -0.05) is 0 Å². The molecule has 11 nitrogen and oxygen atoms in total. The van der Waals surface area contributed by atoms with Crippen molar-refractivity contribution >= 4 is 40.1 Å². The van der Waals surface area contributed by atoms with Crippen molar-refractivity contribution in [2.24, 2.45) is 4.99 Å². The molecule has 2 heterocycles. The summed E-state index contributed by atoms with van der Waals surface area (Å²) in [5.41, 5.74) is -2.47. The lowest BCUT2D eigenvalue weighted by molar-refractivity contribution is -0.129. The maximum atomic E-state index is 14.5. The summed E-state index contributed by atoms with van der Waals surface area (Å²) in [5, 5.41) is 2.87. The Hall–Kier alpha value is -3.84. The zero-order valence-corrected chi connectivity index (χ0v) is 26.4. The number of carbonyl (C=O) groups excluding carboxylic acids is 2. The summed E-state index contributed by atoms with van der Waals surface area (Å²) in [6.45, 7) is 13.8. The molecule has 0 bridgehead atoms. The summed E-state index contributed by atoms with van der Waals surface area (Å²) in [7, 11) is 1.43. The molecule has 0 aliphatic rings. The Kier molecular flexibility index (Phi) is 11.0. The molecule has 0 unspecified atom stereocenters. The minimum absolute atomic E-state index is 0.0962. The van der Waals surface area contributed by atoms with Gasteiger partial charge in [-0.15, -0.1) is 11.3 Å². The number of methoxy groups -OCH3 is 1. The molecule has 0 aliphatic heterocycles. The third-order valence-corrected chi connectivity index (χ3v) is 8.17. The highest BCUT2D eigenvalue weighted by Crippen LogP contribution is 2.33. The van der Waals surface area contributed by atoms with Gasteiger partial charge in [0.25, 0.3) is 5.56 Å². The van der Waals surface area contributed by atoms with Crippen molar-refractivity contribution in [1.29, 1.82) is 0 Å². The molecule has 0 radical (unpaired) electrons. The van der Waals surface area contributed by atoms with E-state index in [1.165, 1.54) is 43.7 Å². The molecule has 1 amide bonds. The molecule has 0 saturated heterocycles. The van der Waals surface area contributed by atoms with Crippen molar-refractivity contribution in [3.05, 3.63) is 60.9 Å². The fourth-order valence-corrected chi connectivity index (χ4v) is 5.89. The number of thiophene rings is 1. The van der Waals surface area contributed by atoms with E-state index in [2.05, 4.69) is 17.0 Å². The Labute approximate surface area is 253 Å². The molecule has 0 saturated carbocycles. The maximum absolute atomic E-state index is 14.5. The number of aliphatic imine (C=N–C) groups is 1. The van der Waals surface area contributed by atoms with Crippen LogP contribution in [0.2, 0.25) is 0 Å². The SMILES string of the molecule is C=NCCCO[C@@H](Cn1c(=O)n(C(C)(C)C(=O)NC(C)C)c(=O)c2c(C)c(C(=O)OCC)sc21)c1cc(F)ccc1OC. The molecule has 234 valence electrons. The number of hydrogen-bond acceptors (Lipinski definition) is 9. The third-order valence-electron chi connectivity index (χ3n) is 6.87. The Morgan fingerprint density at radius 2 is 1.93 bits per heavy atom. The van der Waals surface area contributed by atoms with Crippen LogP contribution in [0.15, 0.2) is 32.8 Å². The van der Waals surface area contributed by atoms with Gasteiger partial charge in [0, 0.05) is 24.8 Å². The van der Waals surface area contributed by atoms with Crippen LogP contribution in [0.4, 0.5) is 4.39 Å². The lowest BCUT2D eigenvalue weighted by atomic mass is 10.0. The van der Waals surface area contributed by atoms with E-state index in [0.29, 0.717) is 29.8 Å². The first-order valence-electron chi connectivity index (χ1n) is 13.9. The van der Waals surface area contributed by atoms with Crippen molar-refractivity contribution < 1.29 is 28.2 Å². The minimum atomic E-state index is -1.62. The molecule has 43 heavy (non-hydrogen) atoms. The first-order chi connectivity index (χ1) is 20.3. The van der Waals surface area contributed by atoms with Crippen LogP contribution >= 0.6 is 11.3 Å². The first-order valence-corrected chi connectivity index (χ1v) is 14.8. The van der Waals surface area contributed by atoms with Gasteiger partial charge in [0.1, 0.15) is 32.9 Å². The normalized spacial score (nSPS) is 12.4. The number of ether oxygens (including phenoxy) is 3. The van der Waals surface area contributed by atoms with E-state index in [4.69, 9.17) is 14.2 Å². The van der Waals surface area contributed by atoms with Crippen molar-refractivity contribution in [2.75, 3.05) is 26.9 Å². The summed E-state index contributed by atoms with van der Waals surface area (Å²) in [4.78, 5) is 58.6. The number of rotatable bonds is 14. The number of nitrogens with zero attached hydrogens (tertiary/aromatic N) is 3. The van der Waals surface area contributed by atoms with Gasteiger partial charge in [0.05, 0.1) is 25.6 Å². The summed E-state index contributed by atoms with van der Waals surface area (Å²) in [5.74, 6) is -1.39. The van der Waals surface area contributed by atoms with Crippen molar-refractivity contribution in [3.63, 3.8) is 0 Å². The van der Waals surface area contributed by atoms with Crippen LogP contribution in [0.3, 0.4) is 0 Å². The smallest absolute Gasteiger partial charge is 0.348 e. The topological polar surface area (TPSA) is 130 Å². The van der Waals surface area contributed by atoms with E-state index in [-0.39, 0.29) is 40.9 Å². The van der Waals surface area contributed by atoms with Crippen molar-refractivity contribution in [2.45, 2.75) is 72.2 Å². The Morgan fingerprint density at radius 1 is 1.23 bits per heavy atom. The van der Waals surface area contributed by atoms with E-state index in [1.807, 2.05) is 0 Å². The third kappa shape index (κ3) is 7.04. The number of aromatic nitrogens is 2. The highest BCUT2D eigenvalue weighted by molar-refractivity contribution is 7.20. The van der Waals surface area contributed by atoms with Crippen LogP contribution in [-0.4, -0.2) is 60.6 Å². The monoisotopic (exact) mass is 618 g/mol. The Balaban J connectivity index is 2.37. The van der Waals surface area contributed by atoms with Crippen LogP contribution in [0.25, 0.3) is 10.2 Å². The van der Waals surface area contributed by atoms with Gasteiger partial charge in [-0.05, 0) is 78.4 Å². The zero-order chi connectivity index (χ0) is 32.1. The van der Waals surface area contributed by atoms with Crippen LogP contribution < -0.4 is 21.3 Å². The fourth-order valence-electron chi connectivity index (χ4n) is 4.70. The van der Waals surface area contributed by atoms with Gasteiger partial charge >= 0.3 is 11.7 Å². The van der Waals surface area contributed by atoms with Gasteiger partial charge in [0.15, 0.2) is 0 Å². The number of benzene rings is 1. The Morgan fingerprint density at radius 3 is 2.53 bits per heavy atom. The fraction of sp³-hybridized carbons (Fsp3) is 0.500. The number of halogens is 1. The second kappa shape index (κ2) is 14.1. The number of nitrogens with one attached hydrogen (secondary N) is 1. The van der Waals surface area contributed by atoms with E-state index in [1.54, 1.807) is 27.7 Å². The van der Waals surface area contributed by atoms with Crippen molar-refractivity contribution in [3.8, 4) is 5.75 Å². The highest BCUT2D eigenvalue weighted by atomic mass is 32.1. The molecule has 0 fully saturated rings. The summed E-state index contributed by atoms with van der Waals surface area (Å²) < 4.78 is 33.5. The van der Waals surface area contributed by atoms with Crippen molar-refractivity contribution in [1.82, 2.24) is 14.5 Å². The molecule has 1 N–H and O–H groups in total. The molecule has 0 aliphatic carbocycles. The molecular formula is C30H39FN4O7S. The predicted molar refractivity (Wildman–Crippen MR) is 164 cm³/mol. The Bertz CT molecular complexity index is 1620. The second-order valence-electron chi connectivity index (χ2n) is 10.7. The molecule has 1 aromatic carbocycles. The van der Waals surface area contributed by atoms with Crippen LogP contribution in [0.5, 0.6) is 5.75 Å². The number of esters is 1. The molecule has 2 aromatic heterocycles. The summed E-state index contributed by atoms with van der Waals surface area (Å²) >= 11 is 0.938. The maximum Gasteiger partial charge on any atom is 0.348 e. The number of fused-ring (bicyclic) bond motifs is 1. The van der Waals surface area contributed by atoms with Gasteiger partial charge in [-0.25, -0.2) is 18.5 Å². The lowest BCUT2D eigenvalue weighted by Gasteiger charge is -2.28. The van der Waals surface area contributed by atoms with Crippen LogP contribution in [0.1, 0.15) is 67.9 Å². The average Bonchev–Trinajstić information content (AvgIpc) is 3.29. The standard InChI is InChI=1S/C30H39FN4O7S/c1-9-41-27(37)24-18(4)23-25(36)35(30(5,6)28(38)33-17(2)3)29(39)34(26(23)43-24)16-22(42-14-10-13-32-7)20-15-19(31)11-12-21(20)40-8/h11-12,15,17,22H,7,9-10,13-14,16H2,1-6,8H3,(H,33,38)/t22-/m0/s1. The molecule has 3 aromatic rings. The molecule has 13 heteroatoms. The van der Waals surface area contributed by atoms with Gasteiger partial charge in [-0.3, -0.25) is 14.2 Å². The summed E-state index contributed by atoms with van der Waals surface area (Å²) in [6, 6.07) is 3.71. The number of carbonyl (C=O) groups is 2. The van der Waals surface area contributed by atoms with E-state index < -0.39 is 40.6 Å². The molecular weight excluding hydrogens is 579 g/mol. The molecule has 3 rings (SSSR count). The number of amides is 1. The quantitative estimate of drug-likeness (QED) is 0.164. The summed E-state index contributed by atoms with van der Waals surface area (Å²) in [6.07, 6.45) is -0.419. The second-order valence-corrected chi connectivity index (χ2v) is 11.7. The highest BCUT2D eigenvalue weighted by Gasteiger charge is 2.36. The first kappa shape index (κ1) is 33.7. The van der Waals surface area contributed by atoms with Gasteiger partial charge < -0.3 is 24.5 Å². The zero-order valence-electron chi connectivity index (χ0n) is 25.6. The number of hydrogen-bond donors (Lipinski definition) is 1. The number of aryl methyl sites for hydroxylation is 1. The van der Waals surface area contributed by atoms with E-state index in [0.717, 1.165) is 15.9 Å². The van der Waals surface area contributed by atoms with E-state index >= 15 is 0 Å². The largest absolute Gasteiger partial charge is 0.496 e. The van der Waals surface area contributed by atoms with Crippen LogP contribution in [0, 0.1) is 12.7 Å². The van der Waals surface area contributed by atoms with Crippen LogP contribution in [-0.2, 0) is 26.4 Å². The van der Waals surface area contributed by atoms with Gasteiger partial charge in [0.2, 0.25) is 5.91 Å². The average molecular weight is 619 g/mol. The minimum Gasteiger partial charge on any atom is -0.496 e. The predicted octanol–water partition coefficient (Wildman–Crippen LogP) is 3.97. The molecule has 1 atom stereocenters. The van der Waals surface area contributed by atoms with Gasteiger partial charge in [-0.2, -0.15) is 0 Å². The lowest BCUT2D eigenvalue weighted by Crippen LogP contribution is -2.56. The van der Waals surface area contributed by atoms with E-state index in [9.17, 15) is 23.6 Å².